The Morgan fingerprint density at radius 1 is 1.14 bits per heavy atom. The molecule has 6 heteroatoms. The molecule has 3 rings (SSSR count). The second-order valence-electron chi connectivity index (χ2n) is 4.34. The highest BCUT2D eigenvalue weighted by molar-refractivity contribution is 5.80. The lowest BCUT2D eigenvalue weighted by molar-refractivity contribution is 0.273. The van der Waals surface area contributed by atoms with Crippen molar-refractivity contribution in [2.75, 3.05) is 7.11 Å². The van der Waals surface area contributed by atoms with E-state index in [-0.39, 0.29) is 11.4 Å². The van der Waals surface area contributed by atoms with Crippen LogP contribution in [0.4, 0.5) is 0 Å². The predicted molar refractivity (Wildman–Crippen MR) is 76.3 cm³/mol. The van der Waals surface area contributed by atoms with Crippen LogP contribution >= 0.6 is 0 Å². The zero-order valence-electron chi connectivity index (χ0n) is 11.4. The molecule has 0 radical (unpaired) electrons. The van der Waals surface area contributed by atoms with E-state index >= 15 is 0 Å². The highest BCUT2D eigenvalue weighted by atomic mass is 16.5. The Morgan fingerprint density at radius 2 is 1.95 bits per heavy atom. The minimum atomic E-state index is -0.188. The molecule has 106 valence electrons. The molecular formula is C15H13N3O3. The molecule has 2 aromatic heterocycles. The molecule has 2 heterocycles. The molecule has 6 nitrogen and oxygen atoms in total. The molecule has 0 saturated carbocycles. The van der Waals surface area contributed by atoms with E-state index in [0.717, 1.165) is 5.56 Å². The number of ether oxygens (including phenoxy) is 2. The Balaban J connectivity index is 1.95. The van der Waals surface area contributed by atoms with E-state index in [2.05, 4.69) is 15.0 Å². The van der Waals surface area contributed by atoms with Crippen molar-refractivity contribution in [3.05, 3.63) is 48.3 Å². The van der Waals surface area contributed by atoms with Gasteiger partial charge in [-0.2, -0.15) is 0 Å². The fourth-order valence-electron chi connectivity index (χ4n) is 1.91. The van der Waals surface area contributed by atoms with Crippen LogP contribution in [0, 0.1) is 0 Å². The molecule has 0 unspecified atom stereocenters. The van der Waals surface area contributed by atoms with Gasteiger partial charge in [0.1, 0.15) is 18.5 Å². The highest BCUT2D eigenvalue weighted by Gasteiger charge is 2.13. The van der Waals surface area contributed by atoms with Crippen molar-refractivity contribution >= 4 is 11.0 Å². The molecule has 0 fully saturated rings. The fraction of sp³-hybridized carbons (Fsp3) is 0.133. The molecule has 1 N–H and O–H groups in total. The molecule has 0 saturated heterocycles. The third kappa shape index (κ3) is 2.69. The van der Waals surface area contributed by atoms with Crippen LogP contribution in [-0.4, -0.2) is 27.2 Å². The second kappa shape index (κ2) is 5.62. The van der Waals surface area contributed by atoms with Gasteiger partial charge in [-0.3, -0.25) is 0 Å². The number of hydrogen-bond donors (Lipinski definition) is 1. The van der Waals surface area contributed by atoms with Gasteiger partial charge in [0.05, 0.1) is 7.11 Å². The van der Waals surface area contributed by atoms with Crippen molar-refractivity contribution in [1.29, 1.82) is 0 Å². The zero-order valence-corrected chi connectivity index (χ0v) is 11.4. The van der Waals surface area contributed by atoms with Gasteiger partial charge in [-0.25, -0.2) is 15.0 Å². The quantitative estimate of drug-likeness (QED) is 0.791. The van der Waals surface area contributed by atoms with E-state index < -0.39 is 0 Å². The number of methoxy groups -OCH3 is 1. The SMILES string of the molecule is COc1cc2ncnc(O)c2nc1OCc1ccccc1. The third-order valence-electron chi connectivity index (χ3n) is 2.96. The fourth-order valence-corrected chi connectivity index (χ4v) is 1.91. The van der Waals surface area contributed by atoms with Crippen LogP contribution in [0.1, 0.15) is 5.56 Å². The lowest BCUT2D eigenvalue weighted by Gasteiger charge is -2.10. The third-order valence-corrected chi connectivity index (χ3v) is 2.96. The molecular weight excluding hydrogens is 270 g/mol. The van der Waals surface area contributed by atoms with Gasteiger partial charge in [-0.1, -0.05) is 30.3 Å². The van der Waals surface area contributed by atoms with Crippen molar-refractivity contribution in [3.8, 4) is 17.5 Å². The van der Waals surface area contributed by atoms with Gasteiger partial charge in [-0.05, 0) is 5.56 Å². The summed E-state index contributed by atoms with van der Waals surface area (Å²) in [6, 6.07) is 11.4. The maximum Gasteiger partial charge on any atom is 0.258 e. The second-order valence-corrected chi connectivity index (χ2v) is 4.34. The smallest absolute Gasteiger partial charge is 0.258 e. The summed E-state index contributed by atoms with van der Waals surface area (Å²) >= 11 is 0. The predicted octanol–water partition coefficient (Wildman–Crippen LogP) is 2.32. The van der Waals surface area contributed by atoms with E-state index in [4.69, 9.17) is 9.47 Å². The Morgan fingerprint density at radius 3 is 2.71 bits per heavy atom. The summed E-state index contributed by atoms with van der Waals surface area (Å²) in [6.07, 6.45) is 1.27. The molecule has 21 heavy (non-hydrogen) atoms. The van der Waals surface area contributed by atoms with Gasteiger partial charge >= 0.3 is 0 Å². The van der Waals surface area contributed by atoms with Gasteiger partial charge in [0.25, 0.3) is 5.88 Å². The van der Waals surface area contributed by atoms with Crippen LogP contribution in [0.2, 0.25) is 0 Å². The monoisotopic (exact) mass is 283 g/mol. The number of hydrogen-bond acceptors (Lipinski definition) is 6. The average molecular weight is 283 g/mol. The average Bonchev–Trinajstić information content (AvgIpc) is 2.53. The minimum Gasteiger partial charge on any atom is -0.492 e. The summed E-state index contributed by atoms with van der Waals surface area (Å²) in [6.45, 7) is 0.351. The van der Waals surface area contributed by atoms with Crippen LogP contribution in [-0.2, 0) is 6.61 Å². The maximum absolute atomic E-state index is 9.73. The first kappa shape index (κ1) is 13.1. The first-order chi connectivity index (χ1) is 10.3. The van der Waals surface area contributed by atoms with Crippen LogP contribution in [0.5, 0.6) is 17.5 Å². The Hall–Kier alpha value is -2.89. The summed E-state index contributed by atoms with van der Waals surface area (Å²) in [5, 5.41) is 9.73. The normalized spacial score (nSPS) is 10.5. The van der Waals surface area contributed by atoms with Gasteiger partial charge in [-0.15, -0.1) is 0 Å². The molecule has 0 amide bonds. The van der Waals surface area contributed by atoms with Crippen LogP contribution < -0.4 is 9.47 Å². The highest BCUT2D eigenvalue weighted by Crippen LogP contribution is 2.31. The Kier molecular flexibility index (Phi) is 3.51. The molecule has 1 aromatic carbocycles. The number of nitrogens with zero attached hydrogens (tertiary/aromatic N) is 3. The number of aromatic nitrogens is 3. The van der Waals surface area contributed by atoms with Gasteiger partial charge in [0, 0.05) is 6.07 Å². The largest absolute Gasteiger partial charge is 0.492 e. The Bertz CT molecular complexity index is 763. The first-order valence-electron chi connectivity index (χ1n) is 6.33. The minimum absolute atomic E-state index is 0.188. The summed E-state index contributed by atoms with van der Waals surface area (Å²) in [5.41, 5.74) is 1.78. The molecule has 0 bridgehead atoms. The van der Waals surface area contributed by atoms with Crippen molar-refractivity contribution in [1.82, 2.24) is 15.0 Å². The van der Waals surface area contributed by atoms with Gasteiger partial charge in [0.2, 0.25) is 5.88 Å². The summed E-state index contributed by atoms with van der Waals surface area (Å²) < 4.78 is 10.9. The molecule has 0 aliphatic rings. The lowest BCUT2D eigenvalue weighted by atomic mass is 10.2. The molecule has 0 aliphatic carbocycles. The van der Waals surface area contributed by atoms with Crippen molar-refractivity contribution in [3.63, 3.8) is 0 Å². The van der Waals surface area contributed by atoms with E-state index in [0.29, 0.717) is 23.8 Å². The summed E-state index contributed by atoms with van der Waals surface area (Å²) in [5.74, 6) is 0.558. The summed E-state index contributed by atoms with van der Waals surface area (Å²) in [4.78, 5) is 12.0. The summed E-state index contributed by atoms with van der Waals surface area (Å²) in [7, 11) is 1.53. The van der Waals surface area contributed by atoms with Crippen molar-refractivity contribution in [2.45, 2.75) is 6.61 Å². The van der Waals surface area contributed by atoms with Crippen LogP contribution in [0.25, 0.3) is 11.0 Å². The van der Waals surface area contributed by atoms with E-state index in [1.54, 1.807) is 6.07 Å². The zero-order chi connectivity index (χ0) is 14.7. The maximum atomic E-state index is 9.73. The molecule has 0 atom stereocenters. The number of rotatable bonds is 4. The van der Waals surface area contributed by atoms with Crippen molar-refractivity contribution in [2.24, 2.45) is 0 Å². The molecule has 0 spiro atoms. The molecule has 3 aromatic rings. The number of fused-ring (bicyclic) bond motifs is 1. The lowest BCUT2D eigenvalue weighted by Crippen LogP contribution is -2.00. The van der Waals surface area contributed by atoms with E-state index in [9.17, 15) is 5.11 Å². The van der Waals surface area contributed by atoms with E-state index in [1.807, 2.05) is 30.3 Å². The van der Waals surface area contributed by atoms with Gasteiger partial charge < -0.3 is 14.6 Å². The van der Waals surface area contributed by atoms with Gasteiger partial charge in [0.15, 0.2) is 11.3 Å². The number of benzene rings is 1. The Labute approximate surface area is 121 Å². The van der Waals surface area contributed by atoms with E-state index in [1.165, 1.54) is 13.4 Å². The standard InChI is InChI=1S/C15H13N3O3/c1-20-12-7-11-13(14(19)17-9-16-11)18-15(12)21-8-10-5-3-2-4-6-10/h2-7,9H,8H2,1H3,(H,16,17,19). The van der Waals surface area contributed by atoms with Crippen LogP contribution in [0.15, 0.2) is 42.7 Å². The first-order valence-corrected chi connectivity index (χ1v) is 6.33. The molecule has 0 aliphatic heterocycles. The van der Waals surface area contributed by atoms with Crippen molar-refractivity contribution < 1.29 is 14.6 Å². The topological polar surface area (TPSA) is 77.4 Å². The van der Waals surface area contributed by atoms with Crippen LogP contribution in [0.3, 0.4) is 0 Å². The number of pyridine rings is 1. The number of aromatic hydroxyl groups is 1.